The Balaban J connectivity index is 1.51. The number of halogens is 2. The maximum Gasteiger partial charge on any atom is 0.387 e. The number of imidazole rings is 1. The Labute approximate surface area is 216 Å². The van der Waals surface area contributed by atoms with Gasteiger partial charge in [0.05, 0.1) is 29.7 Å². The third kappa shape index (κ3) is 4.07. The third-order valence-corrected chi connectivity index (χ3v) is 7.16. The SMILES string of the molecule is CC(C)(O)c1ncc(-c2ccc3nc4n(c3c2)[C@@H]2C[C@H]4N(CC(=O)O)Cc3cccc(OC(F)F)c32)cn1. The lowest BCUT2D eigenvalue weighted by molar-refractivity contribution is -0.139. The number of carbonyl (C=O) groups is 1. The zero-order valence-corrected chi connectivity index (χ0v) is 20.7. The summed E-state index contributed by atoms with van der Waals surface area (Å²) in [5.41, 5.74) is 3.25. The van der Waals surface area contributed by atoms with Crippen LogP contribution in [-0.4, -0.2) is 53.8 Å². The molecule has 0 unspecified atom stereocenters. The number of benzene rings is 2. The van der Waals surface area contributed by atoms with Gasteiger partial charge in [-0.1, -0.05) is 18.2 Å². The summed E-state index contributed by atoms with van der Waals surface area (Å²) in [4.78, 5) is 27.0. The second-order valence-electron chi connectivity index (χ2n) is 10.2. The molecule has 6 rings (SSSR count). The molecule has 0 aliphatic carbocycles. The number of rotatable bonds is 6. The molecule has 4 heterocycles. The van der Waals surface area contributed by atoms with Crippen molar-refractivity contribution in [2.24, 2.45) is 0 Å². The first kappa shape index (κ1) is 24.4. The fraction of sp³-hybridized carbons (Fsp3) is 0.333. The zero-order valence-electron chi connectivity index (χ0n) is 20.7. The van der Waals surface area contributed by atoms with Crippen molar-refractivity contribution >= 4 is 17.0 Å². The molecule has 2 atom stereocenters. The van der Waals surface area contributed by atoms with E-state index in [0.29, 0.717) is 29.1 Å². The van der Waals surface area contributed by atoms with Gasteiger partial charge in [0.2, 0.25) is 0 Å². The number of alkyl halides is 2. The van der Waals surface area contributed by atoms with Crippen LogP contribution in [0.3, 0.4) is 0 Å². The van der Waals surface area contributed by atoms with Crippen LogP contribution in [0.5, 0.6) is 5.75 Å². The average Bonchev–Trinajstić information content (AvgIpc) is 3.34. The predicted octanol–water partition coefficient (Wildman–Crippen LogP) is 4.26. The molecule has 0 spiro atoms. The smallest absolute Gasteiger partial charge is 0.387 e. The number of aliphatic hydroxyl groups is 1. The summed E-state index contributed by atoms with van der Waals surface area (Å²) in [5.74, 6) is 0.102. The molecule has 9 nitrogen and oxygen atoms in total. The second-order valence-corrected chi connectivity index (χ2v) is 10.2. The van der Waals surface area contributed by atoms with Crippen molar-refractivity contribution in [1.29, 1.82) is 0 Å². The van der Waals surface area contributed by atoms with Gasteiger partial charge < -0.3 is 19.5 Å². The van der Waals surface area contributed by atoms with Crippen LogP contribution in [0.4, 0.5) is 8.78 Å². The molecule has 0 fully saturated rings. The van der Waals surface area contributed by atoms with Crippen LogP contribution in [0.15, 0.2) is 48.8 Å². The number of carboxylic acids is 1. The highest BCUT2D eigenvalue weighted by molar-refractivity contribution is 5.83. The van der Waals surface area contributed by atoms with Crippen molar-refractivity contribution < 1.29 is 28.5 Å². The summed E-state index contributed by atoms with van der Waals surface area (Å²) >= 11 is 0. The molecular formula is C27H25F2N5O4. The van der Waals surface area contributed by atoms with Crippen LogP contribution >= 0.6 is 0 Å². The number of carboxylic acid groups (broad SMARTS) is 1. The van der Waals surface area contributed by atoms with Gasteiger partial charge in [-0.2, -0.15) is 8.78 Å². The predicted molar refractivity (Wildman–Crippen MR) is 133 cm³/mol. The maximum atomic E-state index is 13.4. The Kier molecular flexibility index (Phi) is 5.65. The maximum absolute atomic E-state index is 13.4. The molecule has 2 N–H and O–H groups in total. The second kappa shape index (κ2) is 8.81. The van der Waals surface area contributed by atoms with Crippen molar-refractivity contribution in [3.05, 3.63) is 71.6 Å². The minimum absolute atomic E-state index is 0.0832. The van der Waals surface area contributed by atoms with E-state index in [-0.39, 0.29) is 30.9 Å². The van der Waals surface area contributed by atoms with Crippen molar-refractivity contribution in [1.82, 2.24) is 24.4 Å². The molecule has 0 amide bonds. The lowest BCUT2D eigenvalue weighted by Gasteiger charge is -2.26. The number of nitrogens with zero attached hydrogens (tertiary/aromatic N) is 5. The highest BCUT2D eigenvalue weighted by Gasteiger charge is 2.43. The highest BCUT2D eigenvalue weighted by Crippen LogP contribution is 2.50. The van der Waals surface area contributed by atoms with Crippen molar-refractivity contribution in [2.75, 3.05) is 6.54 Å². The molecule has 2 bridgehead atoms. The summed E-state index contributed by atoms with van der Waals surface area (Å²) in [5, 5.41) is 19.8. The zero-order chi connectivity index (χ0) is 26.8. The summed E-state index contributed by atoms with van der Waals surface area (Å²) in [7, 11) is 0. The molecule has 0 saturated carbocycles. The van der Waals surface area contributed by atoms with Crippen molar-refractivity contribution in [3.63, 3.8) is 0 Å². The summed E-state index contributed by atoms with van der Waals surface area (Å²) < 4.78 is 33.7. The fourth-order valence-corrected chi connectivity index (χ4v) is 5.60. The quantitative estimate of drug-likeness (QED) is 0.387. The number of aromatic nitrogens is 4. The standard InChI is InChI=1S/C27H25F2N5O4/c1-27(2,37)25-30-10-16(11-31-25)14-6-7-17-18(8-14)34-19-9-20(24(34)32-17)33(13-22(35)36)12-15-4-3-5-21(23(15)19)38-26(28)29/h3-8,10-11,19-20,26,37H,9,12-13H2,1-2H3,(H,35,36)/t19-,20-/m1/s1. The normalized spacial score (nSPS) is 18.9. The molecule has 196 valence electrons. The van der Waals surface area contributed by atoms with E-state index < -0.39 is 18.2 Å². The summed E-state index contributed by atoms with van der Waals surface area (Å²) in [6.07, 6.45) is 3.77. The van der Waals surface area contributed by atoms with Crippen LogP contribution < -0.4 is 4.74 Å². The minimum Gasteiger partial charge on any atom is -0.480 e. The first-order chi connectivity index (χ1) is 18.1. The van der Waals surface area contributed by atoms with E-state index in [2.05, 4.69) is 9.97 Å². The Bertz CT molecular complexity index is 1550. The van der Waals surface area contributed by atoms with E-state index in [1.807, 2.05) is 33.7 Å². The summed E-state index contributed by atoms with van der Waals surface area (Å²) in [6, 6.07) is 10.0. The first-order valence-corrected chi connectivity index (χ1v) is 12.2. The molecule has 2 aliphatic rings. The van der Waals surface area contributed by atoms with E-state index in [1.54, 1.807) is 32.3 Å². The van der Waals surface area contributed by atoms with Gasteiger partial charge in [0.25, 0.3) is 0 Å². The average molecular weight is 522 g/mol. The van der Waals surface area contributed by atoms with E-state index >= 15 is 0 Å². The van der Waals surface area contributed by atoms with Gasteiger partial charge in [0.15, 0.2) is 5.82 Å². The lowest BCUT2D eigenvalue weighted by atomic mass is 9.98. The molecule has 2 aromatic heterocycles. The Hall–Kier alpha value is -3.96. The van der Waals surface area contributed by atoms with E-state index in [4.69, 9.17) is 9.72 Å². The number of hydrogen-bond donors (Lipinski definition) is 2. The third-order valence-electron chi connectivity index (χ3n) is 7.16. The molecule has 0 saturated heterocycles. The van der Waals surface area contributed by atoms with Gasteiger partial charge in [0, 0.05) is 30.1 Å². The Morgan fingerprint density at radius 1 is 1.16 bits per heavy atom. The number of fused-ring (bicyclic) bond motifs is 9. The first-order valence-electron chi connectivity index (χ1n) is 12.2. The largest absolute Gasteiger partial charge is 0.480 e. The monoisotopic (exact) mass is 521 g/mol. The van der Waals surface area contributed by atoms with E-state index in [9.17, 15) is 23.8 Å². The van der Waals surface area contributed by atoms with E-state index in [0.717, 1.165) is 22.2 Å². The summed E-state index contributed by atoms with van der Waals surface area (Å²) in [6.45, 7) is 0.303. The van der Waals surface area contributed by atoms with Gasteiger partial charge in [-0.05, 0) is 49.6 Å². The number of ether oxygens (including phenoxy) is 1. The van der Waals surface area contributed by atoms with Crippen LogP contribution in [0.2, 0.25) is 0 Å². The fourth-order valence-electron chi connectivity index (χ4n) is 5.60. The molecule has 38 heavy (non-hydrogen) atoms. The van der Waals surface area contributed by atoms with Gasteiger partial charge >= 0.3 is 12.6 Å². The minimum atomic E-state index is -2.99. The topological polar surface area (TPSA) is 114 Å². The van der Waals surface area contributed by atoms with Crippen molar-refractivity contribution in [2.45, 2.75) is 51.1 Å². The van der Waals surface area contributed by atoms with Crippen LogP contribution in [0.25, 0.3) is 22.2 Å². The molecule has 11 heteroatoms. The molecule has 2 aromatic carbocycles. The van der Waals surface area contributed by atoms with Gasteiger partial charge in [-0.25, -0.2) is 15.0 Å². The van der Waals surface area contributed by atoms with Crippen LogP contribution in [0, 0.1) is 0 Å². The van der Waals surface area contributed by atoms with Crippen LogP contribution in [-0.2, 0) is 16.9 Å². The molecule has 0 radical (unpaired) electrons. The highest BCUT2D eigenvalue weighted by atomic mass is 19.3. The van der Waals surface area contributed by atoms with Gasteiger partial charge in [-0.15, -0.1) is 0 Å². The number of aliphatic carboxylic acids is 1. The Morgan fingerprint density at radius 3 is 2.61 bits per heavy atom. The lowest BCUT2D eigenvalue weighted by Crippen LogP contribution is -2.32. The van der Waals surface area contributed by atoms with E-state index in [1.165, 1.54) is 6.07 Å². The van der Waals surface area contributed by atoms with Crippen molar-refractivity contribution in [3.8, 4) is 16.9 Å². The molecule has 4 aromatic rings. The van der Waals surface area contributed by atoms with Crippen LogP contribution in [0.1, 0.15) is 55.1 Å². The van der Waals surface area contributed by atoms with Gasteiger partial charge in [-0.3, -0.25) is 9.69 Å². The van der Waals surface area contributed by atoms with Gasteiger partial charge in [0.1, 0.15) is 17.2 Å². The number of hydrogen-bond acceptors (Lipinski definition) is 7. The molecule has 2 aliphatic heterocycles. The molecular weight excluding hydrogens is 496 g/mol. The Morgan fingerprint density at radius 2 is 1.92 bits per heavy atom.